The van der Waals surface area contributed by atoms with Gasteiger partial charge in [-0.2, -0.15) is 13.2 Å². The van der Waals surface area contributed by atoms with Crippen LogP contribution in [0.2, 0.25) is 0 Å². The van der Waals surface area contributed by atoms with Crippen molar-refractivity contribution in [3.63, 3.8) is 0 Å². The molecule has 1 amide bonds. The summed E-state index contributed by atoms with van der Waals surface area (Å²) in [6.45, 7) is 2.23. The van der Waals surface area contributed by atoms with Crippen LogP contribution in [0.1, 0.15) is 47.7 Å². The molecule has 6 nitrogen and oxygen atoms in total. The maximum absolute atomic E-state index is 13.5. The minimum Gasteiger partial charge on any atom is -0.497 e. The molecule has 1 N–H and O–H groups in total. The molecule has 0 radical (unpaired) electrons. The van der Waals surface area contributed by atoms with E-state index in [2.05, 4.69) is 10.5 Å². The molecule has 3 rings (SSSR count). The summed E-state index contributed by atoms with van der Waals surface area (Å²) < 4.78 is 45.6. The van der Waals surface area contributed by atoms with Gasteiger partial charge in [0.15, 0.2) is 0 Å². The number of Topliss-reactive ketones (excluding diaryl/α,β-unsaturated/α-hetero) is 1. The van der Waals surface area contributed by atoms with Gasteiger partial charge in [-0.1, -0.05) is 36.7 Å². The van der Waals surface area contributed by atoms with E-state index in [0.29, 0.717) is 18.7 Å². The van der Waals surface area contributed by atoms with Crippen LogP contribution in [-0.2, 0) is 15.8 Å². The number of nitrogens with one attached hydrogen (secondary N) is 1. The number of alkyl halides is 3. The molecule has 0 saturated carbocycles. The van der Waals surface area contributed by atoms with Crippen molar-refractivity contribution >= 4 is 17.4 Å². The first-order chi connectivity index (χ1) is 15.2. The van der Waals surface area contributed by atoms with Gasteiger partial charge in [0.05, 0.1) is 24.8 Å². The lowest BCUT2D eigenvalue weighted by atomic mass is 9.85. The van der Waals surface area contributed by atoms with E-state index in [1.54, 1.807) is 12.1 Å². The number of amides is 1. The van der Waals surface area contributed by atoms with E-state index >= 15 is 0 Å². The normalized spacial score (nSPS) is 18.0. The van der Waals surface area contributed by atoms with Crippen LogP contribution in [0.3, 0.4) is 0 Å². The molecule has 2 aromatic carbocycles. The predicted octanol–water partition coefficient (Wildman–Crippen LogP) is 4.38. The number of ketones is 1. The van der Waals surface area contributed by atoms with Gasteiger partial charge in [0, 0.05) is 17.7 Å². The zero-order chi connectivity index (χ0) is 23.4. The molecule has 0 spiro atoms. The van der Waals surface area contributed by atoms with Gasteiger partial charge in [-0.3, -0.25) is 9.59 Å². The molecule has 32 heavy (non-hydrogen) atoms. The van der Waals surface area contributed by atoms with Crippen molar-refractivity contribution in [3.05, 3.63) is 65.2 Å². The molecule has 0 saturated heterocycles. The lowest BCUT2D eigenvalue weighted by Gasteiger charge is -2.24. The monoisotopic (exact) mass is 448 g/mol. The van der Waals surface area contributed by atoms with Crippen molar-refractivity contribution in [2.75, 3.05) is 13.7 Å². The molecular formula is C23H23F3N2O4. The highest BCUT2D eigenvalue weighted by atomic mass is 19.4. The molecular weight excluding hydrogens is 425 g/mol. The van der Waals surface area contributed by atoms with Gasteiger partial charge in [0.25, 0.3) is 11.5 Å². The third-order valence-corrected chi connectivity index (χ3v) is 5.17. The predicted molar refractivity (Wildman–Crippen MR) is 112 cm³/mol. The number of hydrogen-bond donors (Lipinski definition) is 1. The number of halogens is 3. The molecule has 1 aliphatic rings. The number of unbranched alkanes of at least 4 members (excludes halogenated alkanes) is 1. The molecule has 2 aromatic rings. The van der Waals surface area contributed by atoms with E-state index in [1.165, 1.54) is 37.4 Å². The first-order valence-corrected chi connectivity index (χ1v) is 10.1. The van der Waals surface area contributed by atoms with Gasteiger partial charge >= 0.3 is 6.18 Å². The topological polar surface area (TPSA) is 77.0 Å². The SMILES string of the molecule is CCCCNC(=O)C1(C(=O)c2ccc(OC)cc2)CC(c2ccccc2C(F)(F)F)=NO1. The Bertz CT molecular complexity index is 1020. The Labute approximate surface area is 183 Å². The molecule has 1 heterocycles. The number of rotatable bonds is 8. The van der Waals surface area contributed by atoms with Crippen LogP contribution in [-0.4, -0.2) is 36.7 Å². The lowest BCUT2D eigenvalue weighted by Crippen LogP contribution is -2.53. The summed E-state index contributed by atoms with van der Waals surface area (Å²) in [6, 6.07) is 10.9. The van der Waals surface area contributed by atoms with Gasteiger partial charge in [0.2, 0.25) is 5.78 Å². The number of oxime groups is 1. The Kier molecular flexibility index (Phi) is 6.86. The maximum Gasteiger partial charge on any atom is 0.417 e. The zero-order valence-corrected chi connectivity index (χ0v) is 17.7. The van der Waals surface area contributed by atoms with Crippen LogP contribution in [0, 0.1) is 0 Å². The summed E-state index contributed by atoms with van der Waals surface area (Å²) in [5.41, 5.74) is -3.22. The van der Waals surface area contributed by atoms with Gasteiger partial charge in [-0.05, 0) is 36.8 Å². The van der Waals surface area contributed by atoms with Gasteiger partial charge < -0.3 is 14.9 Å². The molecule has 1 atom stereocenters. The number of carbonyl (C=O) groups is 2. The fraction of sp³-hybridized carbons (Fsp3) is 0.348. The van der Waals surface area contributed by atoms with Crippen molar-refractivity contribution in [3.8, 4) is 5.75 Å². The molecule has 0 fully saturated rings. The highest BCUT2D eigenvalue weighted by Gasteiger charge is 2.54. The van der Waals surface area contributed by atoms with Gasteiger partial charge in [0.1, 0.15) is 5.75 Å². The molecule has 1 aliphatic heterocycles. The van der Waals surface area contributed by atoms with E-state index in [9.17, 15) is 22.8 Å². The van der Waals surface area contributed by atoms with E-state index in [0.717, 1.165) is 12.5 Å². The summed E-state index contributed by atoms with van der Waals surface area (Å²) >= 11 is 0. The molecule has 170 valence electrons. The lowest BCUT2D eigenvalue weighted by molar-refractivity contribution is -0.138. The molecule has 9 heteroatoms. The second-order valence-electron chi connectivity index (χ2n) is 7.34. The minimum absolute atomic E-state index is 0.120. The van der Waals surface area contributed by atoms with Crippen molar-refractivity contribution in [2.24, 2.45) is 5.16 Å². The fourth-order valence-electron chi connectivity index (χ4n) is 3.40. The van der Waals surface area contributed by atoms with Crippen LogP contribution in [0.15, 0.2) is 53.7 Å². The van der Waals surface area contributed by atoms with E-state index in [4.69, 9.17) is 9.57 Å². The van der Waals surface area contributed by atoms with Crippen LogP contribution >= 0.6 is 0 Å². The number of benzene rings is 2. The maximum atomic E-state index is 13.5. The van der Waals surface area contributed by atoms with Crippen molar-refractivity contribution in [1.29, 1.82) is 0 Å². The van der Waals surface area contributed by atoms with Crippen LogP contribution in [0.4, 0.5) is 13.2 Å². The Morgan fingerprint density at radius 2 is 1.84 bits per heavy atom. The second kappa shape index (κ2) is 9.42. The van der Waals surface area contributed by atoms with Crippen molar-refractivity contribution in [2.45, 2.75) is 38.0 Å². The Balaban J connectivity index is 1.97. The van der Waals surface area contributed by atoms with Gasteiger partial charge in [-0.15, -0.1) is 0 Å². The van der Waals surface area contributed by atoms with Crippen molar-refractivity contribution in [1.82, 2.24) is 5.32 Å². The third kappa shape index (κ3) is 4.61. The first kappa shape index (κ1) is 23.3. The highest BCUT2D eigenvalue weighted by molar-refractivity contribution is 6.21. The highest BCUT2D eigenvalue weighted by Crippen LogP contribution is 2.37. The number of nitrogens with zero attached hydrogens (tertiary/aromatic N) is 1. The quantitative estimate of drug-likeness (QED) is 0.370. The molecule has 1 unspecified atom stereocenters. The summed E-state index contributed by atoms with van der Waals surface area (Å²) in [7, 11) is 1.47. The standard InChI is InChI=1S/C23H23F3N2O4/c1-3-4-13-27-21(30)22(20(29)15-9-11-16(31-2)12-10-15)14-19(28-32-22)17-7-5-6-8-18(17)23(24,25)26/h5-12H,3-4,13-14H2,1-2H3,(H,27,30). The zero-order valence-electron chi connectivity index (χ0n) is 17.7. The van der Waals surface area contributed by atoms with Gasteiger partial charge in [-0.25, -0.2) is 0 Å². The third-order valence-electron chi connectivity index (χ3n) is 5.17. The number of methoxy groups -OCH3 is 1. The average Bonchev–Trinajstić information content (AvgIpc) is 3.25. The molecule has 0 aromatic heterocycles. The largest absolute Gasteiger partial charge is 0.497 e. The minimum atomic E-state index is -4.63. The Morgan fingerprint density at radius 1 is 1.16 bits per heavy atom. The summed E-state index contributed by atoms with van der Waals surface area (Å²) in [4.78, 5) is 31.8. The second-order valence-corrected chi connectivity index (χ2v) is 7.34. The van der Waals surface area contributed by atoms with E-state index in [1.807, 2.05) is 6.92 Å². The van der Waals surface area contributed by atoms with E-state index < -0.39 is 35.5 Å². The van der Waals surface area contributed by atoms with Crippen LogP contribution in [0.25, 0.3) is 0 Å². The summed E-state index contributed by atoms with van der Waals surface area (Å²) in [6.07, 6.45) is -3.58. The summed E-state index contributed by atoms with van der Waals surface area (Å²) in [5.74, 6) is -0.932. The smallest absolute Gasteiger partial charge is 0.417 e. The fourth-order valence-corrected chi connectivity index (χ4v) is 3.40. The van der Waals surface area contributed by atoms with Crippen molar-refractivity contribution < 1.29 is 32.3 Å². The Morgan fingerprint density at radius 3 is 2.47 bits per heavy atom. The van der Waals surface area contributed by atoms with Crippen LogP contribution in [0.5, 0.6) is 5.75 Å². The average molecular weight is 448 g/mol. The van der Waals surface area contributed by atoms with E-state index in [-0.39, 0.29) is 16.8 Å². The number of carbonyl (C=O) groups excluding carboxylic acids is 2. The Hall–Kier alpha value is -3.36. The molecule has 0 aliphatic carbocycles. The van der Waals surface area contributed by atoms with Crippen LogP contribution < -0.4 is 10.1 Å². The number of ether oxygens (including phenoxy) is 1. The number of hydrogen-bond acceptors (Lipinski definition) is 5. The molecule has 0 bridgehead atoms. The summed E-state index contributed by atoms with van der Waals surface area (Å²) in [5, 5.41) is 6.43. The first-order valence-electron chi connectivity index (χ1n) is 10.1.